The van der Waals surface area contributed by atoms with Crippen LogP contribution in [0.25, 0.3) is 0 Å². The van der Waals surface area contributed by atoms with Crippen molar-refractivity contribution in [2.45, 2.75) is 19.4 Å². The summed E-state index contributed by atoms with van der Waals surface area (Å²) in [7, 11) is 0. The number of ether oxygens (including phenoxy) is 1. The Morgan fingerprint density at radius 1 is 1.47 bits per heavy atom. The number of rotatable bonds is 6. The molecule has 0 amide bonds. The second-order valence-electron chi connectivity index (χ2n) is 3.32. The Labute approximate surface area is 89.4 Å². The Morgan fingerprint density at radius 2 is 2.20 bits per heavy atom. The van der Waals surface area contributed by atoms with Crippen molar-refractivity contribution in [3.8, 4) is 0 Å². The highest BCUT2D eigenvalue weighted by molar-refractivity contribution is 5.18. The summed E-state index contributed by atoms with van der Waals surface area (Å²) in [4.78, 5) is 0. The van der Waals surface area contributed by atoms with E-state index in [4.69, 9.17) is 10.6 Å². The van der Waals surface area contributed by atoms with Gasteiger partial charge in [-0.2, -0.15) is 0 Å². The Kier molecular flexibility index (Phi) is 5.25. The molecule has 1 atom stereocenters. The van der Waals surface area contributed by atoms with Crippen molar-refractivity contribution in [1.82, 2.24) is 5.43 Å². The predicted molar refractivity (Wildman–Crippen MR) is 57.7 cm³/mol. The molecule has 84 valence electrons. The van der Waals surface area contributed by atoms with E-state index in [0.29, 0.717) is 25.2 Å². The topological polar surface area (TPSA) is 47.3 Å². The average Bonchev–Trinajstić information content (AvgIpc) is 2.26. The summed E-state index contributed by atoms with van der Waals surface area (Å²) < 4.78 is 18.5. The van der Waals surface area contributed by atoms with Crippen LogP contribution in [0.2, 0.25) is 0 Å². The molecular formula is C11H17FN2O. The maximum atomic E-state index is 13.3. The molecule has 15 heavy (non-hydrogen) atoms. The van der Waals surface area contributed by atoms with Gasteiger partial charge < -0.3 is 4.74 Å². The minimum Gasteiger partial charge on any atom is -0.380 e. The van der Waals surface area contributed by atoms with Crippen LogP contribution in [0.5, 0.6) is 0 Å². The summed E-state index contributed by atoms with van der Waals surface area (Å²) in [5.41, 5.74) is 3.27. The van der Waals surface area contributed by atoms with Crippen molar-refractivity contribution in [1.29, 1.82) is 0 Å². The Morgan fingerprint density at radius 3 is 2.80 bits per heavy atom. The van der Waals surface area contributed by atoms with Crippen LogP contribution in [-0.4, -0.2) is 19.3 Å². The lowest BCUT2D eigenvalue weighted by Gasteiger charge is -2.15. The molecule has 0 fully saturated rings. The standard InChI is InChI=1S/C11H17FN2O/c1-2-15-8-10(14-13)7-9-5-3-4-6-11(9)12/h3-6,10,14H,2,7-8,13H2,1H3. The molecule has 1 rings (SSSR count). The lowest BCUT2D eigenvalue weighted by molar-refractivity contribution is 0.122. The quantitative estimate of drug-likeness (QED) is 0.551. The first-order chi connectivity index (χ1) is 7.27. The third kappa shape index (κ3) is 3.95. The van der Waals surface area contributed by atoms with E-state index < -0.39 is 0 Å². The van der Waals surface area contributed by atoms with Gasteiger partial charge in [0, 0.05) is 12.6 Å². The molecule has 0 heterocycles. The van der Waals surface area contributed by atoms with E-state index in [1.807, 2.05) is 13.0 Å². The van der Waals surface area contributed by atoms with Crippen LogP contribution in [0.3, 0.4) is 0 Å². The van der Waals surface area contributed by atoms with Crippen LogP contribution in [0.1, 0.15) is 12.5 Å². The SMILES string of the molecule is CCOCC(Cc1ccccc1F)NN. The zero-order valence-electron chi connectivity index (χ0n) is 8.87. The van der Waals surface area contributed by atoms with Crippen LogP contribution < -0.4 is 11.3 Å². The van der Waals surface area contributed by atoms with E-state index in [1.54, 1.807) is 12.1 Å². The molecule has 4 heteroatoms. The smallest absolute Gasteiger partial charge is 0.126 e. The number of nitrogens with one attached hydrogen (secondary N) is 1. The summed E-state index contributed by atoms with van der Waals surface area (Å²) >= 11 is 0. The molecule has 0 aromatic heterocycles. The molecule has 3 N–H and O–H groups in total. The maximum absolute atomic E-state index is 13.3. The first-order valence-corrected chi connectivity index (χ1v) is 5.05. The molecule has 1 aromatic carbocycles. The molecule has 0 aliphatic heterocycles. The highest BCUT2D eigenvalue weighted by Gasteiger charge is 2.10. The maximum Gasteiger partial charge on any atom is 0.126 e. The zero-order valence-corrected chi connectivity index (χ0v) is 8.87. The number of hydrogen-bond donors (Lipinski definition) is 2. The average molecular weight is 212 g/mol. The number of benzene rings is 1. The van der Waals surface area contributed by atoms with Crippen molar-refractivity contribution in [3.63, 3.8) is 0 Å². The zero-order chi connectivity index (χ0) is 11.1. The van der Waals surface area contributed by atoms with Crippen LogP contribution in [-0.2, 0) is 11.2 Å². The van der Waals surface area contributed by atoms with Gasteiger partial charge in [0.15, 0.2) is 0 Å². The summed E-state index contributed by atoms with van der Waals surface area (Å²) in [6.07, 6.45) is 0.531. The monoisotopic (exact) mass is 212 g/mol. The molecule has 0 bridgehead atoms. The van der Waals surface area contributed by atoms with Crippen molar-refractivity contribution < 1.29 is 9.13 Å². The van der Waals surface area contributed by atoms with Gasteiger partial charge in [0.1, 0.15) is 5.82 Å². The molecule has 3 nitrogen and oxygen atoms in total. The van der Waals surface area contributed by atoms with Gasteiger partial charge >= 0.3 is 0 Å². The second kappa shape index (κ2) is 6.50. The first kappa shape index (κ1) is 12.1. The fraction of sp³-hybridized carbons (Fsp3) is 0.455. The predicted octanol–water partition coefficient (Wildman–Crippen LogP) is 1.24. The fourth-order valence-corrected chi connectivity index (χ4v) is 1.36. The van der Waals surface area contributed by atoms with Crippen molar-refractivity contribution >= 4 is 0 Å². The molecule has 0 radical (unpaired) electrons. The molecule has 0 saturated carbocycles. The second-order valence-corrected chi connectivity index (χ2v) is 3.32. The number of hydrazine groups is 1. The molecule has 1 aromatic rings. The van der Waals surface area contributed by atoms with E-state index in [-0.39, 0.29) is 11.9 Å². The van der Waals surface area contributed by atoms with E-state index in [1.165, 1.54) is 6.07 Å². The molecule has 0 aliphatic carbocycles. The summed E-state index contributed by atoms with van der Waals surface area (Å²) in [5.74, 6) is 5.16. The molecule has 0 aliphatic rings. The number of hydrogen-bond acceptors (Lipinski definition) is 3. The van der Waals surface area contributed by atoms with Gasteiger partial charge in [0.2, 0.25) is 0 Å². The van der Waals surface area contributed by atoms with Crippen molar-refractivity contribution in [2.24, 2.45) is 5.84 Å². The van der Waals surface area contributed by atoms with E-state index >= 15 is 0 Å². The van der Waals surface area contributed by atoms with Gasteiger partial charge in [-0.05, 0) is 25.0 Å². The third-order valence-corrected chi connectivity index (χ3v) is 2.18. The van der Waals surface area contributed by atoms with Gasteiger partial charge in [-0.1, -0.05) is 18.2 Å². The van der Waals surface area contributed by atoms with Crippen molar-refractivity contribution in [3.05, 3.63) is 35.6 Å². The number of nitrogens with two attached hydrogens (primary N) is 1. The fourth-order valence-electron chi connectivity index (χ4n) is 1.36. The van der Waals surface area contributed by atoms with Crippen LogP contribution in [0.4, 0.5) is 4.39 Å². The molecular weight excluding hydrogens is 195 g/mol. The largest absolute Gasteiger partial charge is 0.380 e. The van der Waals surface area contributed by atoms with Crippen molar-refractivity contribution in [2.75, 3.05) is 13.2 Å². The van der Waals surface area contributed by atoms with E-state index in [9.17, 15) is 4.39 Å². The summed E-state index contributed by atoms with van der Waals surface area (Å²) in [6.45, 7) is 3.04. The van der Waals surface area contributed by atoms with Gasteiger partial charge in [-0.3, -0.25) is 11.3 Å². The Balaban J connectivity index is 2.54. The van der Waals surface area contributed by atoms with Crippen LogP contribution in [0.15, 0.2) is 24.3 Å². The van der Waals surface area contributed by atoms with Gasteiger partial charge in [-0.25, -0.2) is 4.39 Å². The number of halogens is 1. The van der Waals surface area contributed by atoms with E-state index in [0.717, 1.165) is 0 Å². The molecule has 0 saturated heterocycles. The lowest BCUT2D eigenvalue weighted by atomic mass is 10.1. The highest BCUT2D eigenvalue weighted by Crippen LogP contribution is 2.09. The van der Waals surface area contributed by atoms with Gasteiger partial charge in [0.05, 0.1) is 6.61 Å². The van der Waals surface area contributed by atoms with Crippen LogP contribution in [0, 0.1) is 5.82 Å². The van der Waals surface area contributed by atoms with Gasteiger partial charge in [-0.15, -0.1) is 0 Å². The third-order valence-electron chi connectivity index (χ3n) is 2.18. The Hall–Kier alpha value is -0.970. The molecule has 1 unspecified atom stereocenters. The van der Waals surface area contributed by atoms with Gasteiger partial charge in [0.25, 0.3) is 0 Å². The van der Waals surface area contributed by atoms with Crippen LogP contribution >= 0.6 is 0 Å². The lowest BCUT2D eigenvalue weighted by Crippen LogP contribution is -2.40. The summed E-state index contributed by atoms with van der Waals surface area (Å²) in [5, 5.41) is 0. The minimum atomic E-state index is -0.200. The minimum absolute atomic E-state index is 0.0538. The van der Waals surface area contributed by atoms with E-state index in [2.05, 4.69) is 5.43 Å². The first-order valence-electron chi connectivity index (χ1n) is 5.05. The highest BCUT2D eigenvalue weighted by atomic mass is 19.1. The molecule has 0 spiro atoms. The normalized spacial score (nSPS) is 12.7. The Bertz CT molecular complexity index is 294. The summed E-state index contributed by atoms with van der Waals surface area (Å²) in [6, 6.07) is 6.63.